The van der Waals surface area contributed by atoms with Crippen LogP contribution in [-0.2, 0) is 23.0 Å². The Morgan fingerprint density at radius 1 is 1.40 bits per heavy atom. The molecule has 1 fully saturated rings. The first kappa shape index (κ1) is 18.1. The minimum absolute atomic E-state index is 0.214. The van der Waals surface area contributed by atoms with Gasteiger partial charge in [-0.1, -0.05) is 19.0 Å². The molecule has 138 valence electrons. The number of hydrogen-bond donors (Lipinski definition) is 1. The molecule has 0 aromatic carbocycles. The summed E-state index contributed by atoms with van der Waals surface area (Å²) in [5, 5.41) is 8.57. The van der Waals surface area contributed by atoms with Crippen LogP contribution in [0.3, 0.4) is 0 Å². The molecule has 1 aliphatic carbocycles. The summed E-state index contributed by atoms with van der Waals surface area (Å²) in [4.78, 5) is 4.29. The van der Waals surface area contributed by atoms with Crippen LogP contribution in [0, 0.1) is 0 Å². The van der Waals surface area contributed by atoms with E-state index >= 15 is 0 Å². The number of aryl methyl sites for hydroxylation is 2. The third-order valence-corrected chi connectivity index (χ3v) is 5.66. The topological polar surface area (TPSA) is 103 Å². The van der Waals surface area contributed by atoms with Gasteiger partial charge in [0.2, 0.25) is 5.89 Å². The van der Waals surface area contributed by atoms with Crippen LogP contribution < -0.4 is 4.72 Å². The summed E-state index contributed by atoms with van der Waals surface area (Å²) < 4.78 is 34.5. The van der Waals surface area contributed by atoms with E-state index in [1.165, 1.54) is 0 Å². The second kappa shape index (κ2) is 7.25. The van der Waals surface area contributed by atoms with Crippen LogP contribution in [0.25, 0.3) is 0 Å². The molecule has 9 heteroatoms. The molecule has 0 bridgehead atoms. The fraction of sp³-hybridized carbons (Fsp3) is 0.688. The van der Waals surface area contributed by atoms with Crippen molar-refractivity contribution < 1.29 is 12.9 Å². The molecule has 8 nitrogen and oxygen atoms in total. The van der Waals surface area contributed by atoms with Crippen LogP contribution >= 0.6 is 0 Å². The number of aromatic nitrogens is 4. The highest BCUT2D eigenvalue weighted by Gasteiger charge is 2.30. The number of sulfonamides is 1. The van der Waals surface area contributed by atoms with E-state index in [2.05, 4.69) is 20.0 Å². The third-order valence-electron chi connectivity index (χ3n) is 4.19. The summed E-state index contributed by atoms with van der Waals surface area (Å²) in [7, 11) is -3.57. The van der Waals surface area contributed by atoms with Gasteiger partial charge in [0, 0.05) is 37.4 Å². The Morgan fingerprint density at radius 2 is 2.16 bits per heavy atom. The fourth-order valence-corrected chi connectivity index (χ4v) is 3.85. The lowest BCUT2D eigenvalue weighted by Gasteiger charge is -2.07. The molecule has 25 heavy (non-hydrogen) atoms. The van der Waals surface area contributed by atoms with Gasteiger partial charge in [-0.05, 0) is 26.2 Å². The molecule has 2 heterocycles. The zero-order chi connectivity index (χ0) is 18.0. The van der Waals surface area contributed by atoms with Gasteiger partial charge in [0.15, 0.2) is 10.9 Å². The van der Waals surface area contributed by atoms with Crippen LogP contribution in [0.4, 0.5) is 0 Å². The Kier molecular flexibility index (Phi) is 5.24. The Bertz CT molecular complexity index is 821. The van der Waals surface area contributed by atoms with E-state index < -0.39 is 10.0 Å². The first-order chi connectivity index (χ1) is 11.9. The van der Waals surface area contributed by atoms with Crippen molar-refractivity contribution in [2.75, 3.05) is 6.54 Å². The van der Waals surface area contributed by atoms with E-state index in [1.807, 2.05) is 20.8 Å². The van der Waals surface area contributed by atoms with Gasteiger partial charge in [-0.15, -0.1) is 0 Å². The van der Waals surface area contributed by atoms with Gasteiger partial charge in [-0.25, -0.2) is 13.1 Å². The summed E-state index contributed by atoms with van der Waals surface area (Å²) in [5.41, 5.74) is 0.884. The van der Waals surface area contributed by atoms with Gasteiger partial charge in [-0.3, -0.25) is 4.68 Å². The second-order valence-corrected chi connectivity index (χ2v) is 8.41. The van der Waals surface area contributed by atoms with Crippen molar-refractivity contribution in [1.82, 2.24) is 24.6 Å². The van der Waals surface area contributed by atoms with Crippen molar-refractivity contribution in [3.63, 3.8) is 0 Å². The zero-order valence-electron chi connectivity index (χ0n) is 14.9. The molecule has 0 aliphatic heterocycles. The van der Waals surface area contributed by atoms with Crippen LogP contribution in [0.2, 0.25) is 0 Å². The molecule has 0 unspecified atom stereocenters. The highest BCUT2D eigenvalue weighted by molar-refractivity contribution is 7.89. The lowest BCUT2D eigenvalue weighted by Crippen LogP contribution is -2.27. The molecule has 3 rings (SSSR count). The van der Waals surface area contributed by atoms with Crippen molar-refractivity contribution in [3.8, 4) is 0 Å². The Labute approximate surface area is 148 Å². The molecule has 1 N–H and O–H groups in total. The molecule has 2 aromatic heterocycles. The molecule has 1 aliphatic rings. The number of hydrogen-bond acceptors (Lipinski definition) is 6. The smallest absolute Gasteiger partial charge is 0.257 e. The summed E-state index contributed by atoms with van der Waals surface area (Å²) in [6.07, 6.45) is 3.32. The van der Waals surface area contributed by atoms with Crippen molar-refractivity contribution >= 4 is 10.0 Å². The Morgan fingerprint density at radius 3 is 2.76 bits per heavy atom. The molecule has 0 atom stereocenters. The highest BCUT2D eigenvalue weighted by atomic mass is 32.2. The van der Waals surface area contributed by atoms with Crippen LogP contribution in [0.15, 0.2) is 15.6 Å². The summed E-state index contributed by atoms with van der Waals surface area (Å²) in [6, 6.07) is 1.70. The minimum atomic E-state index is -3.57. The summed E-state index contributed by atoms with van der Waals surface area (Å²) >= 11 is 0. The predicted octanol–water partition coefficient (Wildman–Crippen LogP) is 2.20. The van der Waals surface area contributed by atoms with Gasteiger partial charge in [-0.2, -0.15) is 10.1 Å². The maximum absolute atomic E-state index is 12.5. The lowest BCUT2D eigenvalue weighted by atomic mass is 10.2. The quantitative estimate of drug-likeness (QED) is 0.682. The van der Waals surface area contributed by atoms with E-state index in [0.717, 1.165) is 18.5 Å². The second-order valence-electron chi connectivity index (χ2n) is 6.70. The molecule has 0 spiro atoms. The Hall–Kier alpha value is -1.74. The number of nitrogens with one attached hydrogen (secondary N) is 1. The van der Waals surface area contributed by atoms with E-state index in [4.69, 9.17) is 4.52 Å². The van der Waals surface area contributed by atoms with Crippen molar-refractivity contribution in [2.45, 2.75) is 69.9 Å². The van der Waals surface area contributed by atoms with Crippen LogP contribution in [0.5, 0.6) is 0 Å². The largest absolute Gasteiger partial charge is 0.339 e. The standard InChI is InChI=1S/C16H25N5O3S/c1-4-21-15(10-13(19-21)12-7-8-12)25(22,23)17-9-5-6-14-18-16(11(2)3)20-24-14/h10-12,17H,4-9H2,1-3H3. The van der Waals surface area contributed by atoms with Gasteiger partial charge in [0.25, 0.3) is 10.0 Å². The van der Waals surface area contributed by atoms with Crippen molar-refractivity contribution in [1.29, 1.82) is 0 Å². The first-order valence-electron chi connectivity index (χ1n) is 8.80. The third kappa shape index (κ3) is 4.27. The summed E-state index contributed by atoms with van der Waals surface area (Å²) in [5.74, 6) is 1.85. The fourth-order valence-electron chi connectivity index (χ4n) is 2.56. The number of rotatable bonds is 9. The van der Waals surface area contributed by atoms with Gasteiger partial charge >= 0.3 is 0 Å². The molecule has 0 radical (unpaired) electrons. The van der Waals surface area contributed by atoms with Crippen molar-refractivity contribution in [3.05, 3.63) is 23.5 Å². The van der Waals surface area contributed by atoms with Crippen molar-refractivity contribution in [2.24, 2.45) is 0 Å². The average Bonchev–Trinajstić information content (AvgIpc) is 3.14. The molecular formula is C16H25N5O3S. The number of nitrogens with zero attached hydrogens (tertiary/aromatic N) is 4. The lowest BCUT2D eigenvalue weighted by molar-refractivity contribution is 0.368. The average molecular weight is 367 g/mol. The normalized spacial score (nSPS) is 15.2. The van der Waals surface area contributed by atoms with Crippen LogP contribution in [0.1, 0.15) is 69.3 Å². The molecule has 2 aromatic rings. The minimum Gasteiger partial charge on any atom is -0.339 e. The SMILES string of the molecule is CCn1nc(C2CC2)cc1S(=O)(=O)NCCCc1nc(C(C)C)no1. The van der Waals surface area contributed by atoms with E-state index in [0.29, 0.717) is 43.6 Å². The monoisotopic (exact) mass is 367 g/mol. The first-order valence-corrected chi connectivity index (χ1v) is 10.3. The maximum Gasteiger partial charge on any atom is 0.257 e. The molecule has 1 saturated carbocycles. The molecule has 0 amide bonds. The predicted molar refractivity (Wildman–Crippen MR) is 91.8 cm³/mol. The Balaban J connectivity index is 1.56. The molecule has 0 saturated heterocycles. The maximum atomic E-state index is 12.5. The van der Waals surface area contributed by atoms with Crippen LogP contribution in [-0.4, -0.2) is 34.9 Å². The summed E-state index contributed by atoms with van der Waals surface area (Å²) in [6.45, 7) is 6.73. The van der Waals surface area contributed by atoms with Gasteiger partial charge in [0.1, 0.15) is 0 Å². The van der Waals surface area contributed by atoms with E-state index in [-0.39, 0.29) is 10.9 Å². The van der Waals surface area contributed by atoms with E-state index in [9.17, 15) is 8.42 Å². The van der Waals surface area contributed by atoms with E-state index in [1.54, 1.807) is 10.7 Å². The highest BCUT2D eigenvalue weighted by Crippen LogP contribution is 2.39. The van der Waals surface area contributed by atoms with Gasteiger partial charge < -0.3 is 4.52 Å². The zero-order valence-corrected chi connectivity index (χ0v) is 15.7. The molecular weight excluding hydrogens is 342 g/mol. The van der Waals surface area contributed by atoms with Gasteiger partial charge in [0.05, 0.1) is 5.69 Å².